The highest BCUT2D eigenvalue weighted by atomic mass is 19.1. The number of piperidine rings is 1. The van der Waals surface area contributed by atoms with Gasteiger partial charge >= 0.3 is 0 Å². The molecular weight excluding hydrogens is 283 g/mol. The van der Waals surface area contributed by atoms with Crippen LogP contribution in [0.3, 0.4) is 0 Å². The number of carbonyl (C=O) groups is 2. The molecule has 118 valence electrons. The van der Waals surface area contributed by atoms with Crippen molar-refractivity contribution in [3.63, 3.8) is 0 Å². The molecule has 3 rings (SSSR count). The van der Waals surface area contributed by atoms with Gasteiger partial charge in [-0.2, -0.15) is 0 Å². The second kappa shape index (κ2) is 6.46. The Bertz CT molecular complexity index is 572. The Kier molecular flexibility index (Phi) is 4.41. The van der Waals surface area contributed by atoms with E-state index >= 15 is 0 Å². The van der Waals surface area contributed by atoms with Crippen LogP contribution in [0.5, 0.6) is 0 Å². The van der Waals surface area contributed by atoms with Crippen LogP contribution in [0.25, 0.3) is 0 Å². The summed E-state index contributed by atoms with van der Waals surface area (Å²) in [4.78, 5) is 26.0. The fraction of sp³-hybridized carbons (Fsp3) is 0.529. The van der Waals surface area contributed by atoms with Crippen LogP contribution < -0.4 is 5.32 Å². The monoisotopic (exact) mass is 304 g/mol. The van der Waals surface area contributed by atoms with Crippen LogP contribution in [0.1, 0.15) is 37.7 Å². The van der Waals surface area contributed by atoms with Crippen molar-refractivity contribution in [2.24, 2.45) is 5.92 Å². The van der Waals surface area contributed by atoms with E-state index in [1.807, 2.05) is 0 Å². The number of halogens is 1. The van der Waals surface area contributed by atoms with E-state index < -0.39 is 0 Å². The lowest BCUT2D eigenvalue weighted by Crippen LogP contribution is -2.49. The first kappa shape index (κ1) is 15.0. The van der Waals surface area contributed by atoms with Crippen molar-refractivity contribution in [1.29, 1.82) is 0 Å². The van der Waals surface area contributed by atoms with E-state index in [9.17, 15) is 14.0 Å². The average molecular weight is 304 g/mol. The zero-order valence-corrected chi connectivity index (χ0v) is 12.6. The molecule has 22 heavy (non-hydrogen) atoms. The molecule has 0 spiro atoms. The van der Waals surface area contributed by atoms with Crippen molar-refractivity contribution in [3.05, 3.63) is 35.6 Å². The molecule has 2 amide bonds. The second-order valence-corrected chi connectivity index (χ2v) is 6.28. The lowest BCUT2D eigenvalue weighted by atomic mass is 9.91. The predicted molar refractivity (Wildman–Crippen MR) is 80.3 cm³/mol. The Morgan fingerprint density at radius 1 is 1.32 bits per heavy atom. The fourth-order valence-electron chi connectivity index (χ4n) is 3.01. The lowest BCUT2D eigenvalue weighted by Gasteiger charge is -2.34. The van der Waals surface area contributed by atoms with Gasteiger partial charge in [0.15, 0.2) is 0 Å². The molecule has 1 saturated heterocycles. The molecule has 1 aliphatic carbocycles. The van der Waals surface area contributed by atoms with Crippen molar-refractivity contribution in [2.45, 2.75) is 44.7 Å². The van der Waals surface area contributed by atoms with E-state index in [1.54, 1.807) is 17.0 Å². The number of carbonyl (C=O) groups excluding carboxylic acids is 2. The lowest BCUT2D eigenvalue weighted by molar-refractivity contribution is -0.139. The van der Waals surface area contributed by atoms with Gasteiger partial charge in [0, 0.05) is 25.6 Å². The third-order valence-corrected chi connectivity index (χ3v) is 4.58. The van der Waals surface area contributed by atoms with Gasteiger partial charge in [0.25, 0.3) is 0 Å². The molecule has 1 aromatic rings. The smallest absolute Gasteiger partial charge is 0.225 e. The van der Waals surface area contributed by atoms with E-state index in [2.05, 4.69) is 5.32 Å². The Morgan fingerprint density at radius 2 is 2.14 bits per heavy atom. The van der Waals surface area contributed by atoms with E-state index in [0.717, 1.165) is 18.4 Å². The summed E-state index contributed by atoms with van der Waals surface area (Å²) in [5, 5.41) is 3.06. The maximum absolute atomic E-state index is 13.2. The van der Waals surface area contributed by atoms with Gasteiger partial charge in [-0.05, 0) is 43.4 Å². The summed E-state index contributed by atoms with van der Waals surface area (Å²) in [6.45, 7) is 0.789. The molecule has 1 atom stereocenters. The third kappa shape index (κ3) is 3.46. The molecule has 1 N–H and O–H groups in total. The number of hydrogen-bond donors (Lipinski definition) is 1. The normalized spacial score (nSPS) is 22.3. The summed E-state index contributed by atoms with van der Waals surface area (Å²) < 4.78 is 13.2. The number of likely N-dealkylation sites (tertiary alicyclic amines) is 1. The summed E-state index contributed by atoms with van der Waals surface area (Å²) in [5.41, 5.74) is 0.758. The van der Waals surface area contributed by atoms with Crippen LogP contribution in [0.15, 0.2) is 24.3 Å². The predicted octanol–water partition coefficient (Wildman–Crippen LogP) is 2.23. The number of rotatable bonds is 4. The average Bonchev–Trinajstić information content (AvgIpc) is 2.45. The van der Waals surface area contributed by atoms with E-state index in [0.29, 0.717) is 32.0 Å². The Balaban J connectivity index is 1.60. The van der Waals surface area contributed by atoms with Gasteiger partial charge in [0.2, 0.25) is 11.8 Å². The van der Waals surface area contributed by atoms with E-state index in [4.69, 9.17) is 0 Å². The van der Waals surface area contributed by atoms with Gasteiger partial charge < -0.3 is 10.2 Å². The van der Waals surface area contributed by atoms with Gasteiger partial charge in [-0.25, -0.2) is 4.39 Å². The van der Waals surface area contributed by atoms with Crippen LogP contribution >= 0.6 is 0 Å². The van der Waals surface area contributed by atoms with Crippen molar-refractivity contribution < 1.29 is 14.0 Å². The van der Waals surface area contributed by atoms with Crippen LogP contribution in [-0.4, -0.2) is 29.3 Å². The fourth-order valence-corrected chi connectivity index (χ4v) is 3.01. The minimum atomic E-state index is -0.304. The molecular formula is C17H21FN2O2. The SMILES string of the molecule is O=C(NC1CCC1)[C@H]1CCC(=O)N(Cc2cccc(F)c2)C1. The van der Waals surface area contributed by atoms with Crippen LogP contribution in [0.4, 0.5) is 4.39 Å². The minimum absolute atomic E-state index is 0.0388. The molecule has 4 nitrogen and oxygen atoms in total. The largest absolute Gasteiger partial charge is 0.353 e. The van der Waals surface area contributed by atoms with Gasteiger partial charge in [-0.3, -0.25) is 9.59 Å². The van der Waals surface area contributed by atoms with Gasteiger partial charge in [0.1, 0.15) is 5.82 Å². The quantitative estimate of drug-likeness (QED) is 0.927. The third-order valence-electron chi connectivity index (χ3n) is 4.58. The number of hydrogen-bond acceptors (Lipinski definition) is 2. The molecule has 0 aromatic heterocycles. The highest BCUT2D eigenvalue weighted by molar-refractivity contribution is 5.84. The summed E-state index contributed by atoms with van der Waals surface area (Å²) >= 11 is 0. The molecule has 0 bridgehead atoms. The molecule has 1 aromatic carbocycles. The molecule has 5 heteroatoms. The zero-order chi connectivity index (χ0) is 15.5. The van der Waals surface area contributed by atoms with Gasteiger partial charge in [-0.1, -0.05) is 12.1 Å². The van der Waals surface area contributed by atoms with Gasteiger partial charge in [0.05, 0.1) is 5.92 Å². The second-order valence-electron chi connectivity index (χ2n) is 6.28. The molecule has 1 heterocycles. The van der Waals surface area contributed by atoms with Crippen molar-refractivity contribution in [3.8, 4) is 0 Å². The molecule has 2 fully saturated rings. The Labute approximate surface area is 129 Å². The number of benzene rings is 1. The first-order chi connectivity index (χ1) is 10.6. The Hall–Kier alpha value is -1.91. The summed E-state index contributed by atoms with van der Waals surface area (Å²) in [5.74, 6) is -0.355. The van der Waals surface area contributed by atoms with Crippen LogP contribution in [0, 0.1) is 11.7 Å². The van der Waals surface area contributed by atoms with Gasteiger partial charge in [-0.15, -0.1) is 0 Å². The molecule has 0 unspecified atom stereocenters. The maximum atomic E-state index is 13.2. The number of nitrogens with zero attached hydrogens (tertiary/aromatic N) is 1. The highest BCUT2D eigenvalue weighted by Crippen LogP contribution is 2.23. The Morgan fingerprint density at radius 3 is 2.82 bits per heavy atom. The molecule has 2 aliphatic rings. The highest BCUT2D eigenvalue weighted by Gasteiger charge is 2.32. The van der Waals surface area contributed by atoms with Crippen molar-refractivity contribution in [1.82, 2.24) is 10.2 Å². The minimum Gasteiger partial charge on any atom is -0.353 e. The first-order valence-electron chi connectivity index (χ1n) is 7.94. The molecule has 1 aliphatic heterocycles. The number of amides is 2. The standard InChI is InChI=1S/C17H21FN2O2/c18-14-4-1-3-12(9-14)10-20-11-13(7-8-16(20)21)17(22)19-15-5-2-6-15/h1,3-4,9,13,15H,2,5-8,10-11H2,(H,19,22)/t13-/m0/s1. The van der Waals surface area contributed by atoms with Crippen LogP contribution in [-0.2, 0) is 16.1 Å². The van der Waals surface area contributed by atoms with E-state index in [1.165, 1.54) is 18.6 Å². The summed E-state index contributed by atoms with van der Waals surface area (Å²) in [7, 11) is 0. The zero-order valence-electron chi connectivity index (χ0n) is 12.6. The molecule has 1 saturated carbocycles. The number of nitrogens with one attached hydrogen (secondary N) is 1. The topological polar surface area (TPSA) is 49.4 Å². The van der Waals surface area contributed by atoms with Crippen molar-refractivity contribution >= 4 is 11.8 Å². The summed E-state index contributed by atoms with van der Waals surface area (Å²) in [6, 6.07) is 6.58. The van der Waals surface area contributed by atoms with Crippen LogP contribution in [0.2, 0.25) is 0 Å². The molecule has 0 radical (unpaired) electrons. The van der Waals surface area contributed by atoms with E-state index in [-0.39, 0.29) is 23.5 Å². The maximum Gasteiger partial charge on any atom is 0.225 e. The summed E-state index contributed by atoms with van der Waals surface area (Å²) in [6.07, 6.45) is 4.30. The van der Waals surface area contributed by atoms with Crippen molar-refractivity contribution in [2.75, 3.05) is 6.54 Å². The first-order valence-corrected chi connectivity index (χ1v) is 7.94.